The van der Waals surface area contributed by atoms with Crippen molar-refractivity contribution >= 4 is 6.03 Å². The van der Waals surface area contributed by atoms with Crippen LogP contribution >= 0.6 is 0 Å². The van der Waals surface area contributed by atoms with E-state index in [0.29, 0.717) is 24.2 Å². The van der Waals surface area contributed by atoms with Gasteiger partial charge in [-0.2, -0.15) is 4.98 Å². The van der Waals surface area contributed by atoms with Gasteiger partial charge in [-0.3, -0.25) is 0 Å². The Kier molecular flexibility index (Phi) is 6.10. The predicted octanol–water partition coefficient (Wildman–Crippen LogP) is 2.34. The van der Waals surface area contributed by atoms with Crippen molar-refractivity contribution in [1.29, 1.82) is 0 Å². The second kappa shape index (κ2) is 8.28. The SMILES string of the molecule is COCc1nc(CNC(=O)NCc2cccc(C(C)C)c2)no1. The molecule has 0 spiro atoms. The van der Waals surface area contributed by atoms with Gasteiger partial charge in [-0.25, -0.2) is 4.79 Å². The van der Waals surface area contributed by atoms with Crippen LogP contribution in [0.1, 0.15) is 42.6 Å². The minimum absolute atomic E-state index is 0.199. The number of hydrogen-bond acceptors (Lipinski definition) is 5. The number of carbonyl (C=O) groups is 1. The number of benzene rings is 1. The van der Waals surface area contributed by atoms with E-state index in [1.165, 1.54) is 5.56 Å². The number of amides is 2. The van der Waals surface area contributed by atoms with Crippen molar-refractivity contribution in [2.45, 2.75) is 39.5 Å². The molecule has 0 saturated carbocycles. The van der Waals surface area contributed by atoms with Crippen LogP contribution in [0.4, 0.5) is 4.79 Å². The molecule has 2 aromatic rings. The molecule has 1 aromatic carbocycles. The lowest BCUT2D eigenvalue weighted by Gasteiger charge is -2.09. The van der Waals surface area contributed by atoms with Gasteiger partial charge in [-0.05, 0) is 17.0 Å². The Bertz CT molecular complexity index is 640. The van der Waals surface area contributed by atoms with Crippen LogP contribution in [0.5, 0.6) is 0 Å². The van der Waals surface area contributed by atoms with Gasteiger partial charge < -0.3 is 19.9 Å². The first kappa shape index (κ1) is 17.0. The van der Waals surface area contributed by atoms with Gasteiger partial charge in [0.15, 0.2) is 5.82 Å². The number of methoxy groups -OCH3 is 1. The molecule has 1 heterocycles. The van der Waals surface area contributed by atoms with Crippen molar-refractivity contribution < 1.29 is 14.1 Å². The van der Waals surface area contributed by atoms with Gasteiger partial charge in [0.1, 0.15) is 6.61 Å². The molecule has 0 aliphatic heterocycles. The lowest BCUT2D eigenvalue weighted by Crippen LogP contribution is -2.34. The number of carbonyl (C=O) groups excluding carboxylic acids is 1. The number of nitrogens with one attached hydrogen (secondary N) is 2. The van der Waals surface area contributed by atoms with E-state index < -0.39 is 0 Å². The van der Waals surface area contributed by atoms with E-state index in [4.69, 9.17) is 9.26 Å². The van der Waals surface area contributed by atoms with Crippen LogP contribution in [0.3, 0.4) is 0 Å². The quantitative estimate of drug-likeness (QED) is 0.818. The van der Waals surface area contributed by atoms with Crippen LogP contribution in [0.25, 0.3) is 0 Å². The topological polar surface area (TPSA) is 89.3 Å². The summed E-state index contributed by atoms with van der Waals surface area (Å²) in [5, 5.41) is 9.24. The molecule has 1 aromatic heterocycles. The molecule has 2 N–H and O–H groups in total. The molecule has 0 aliphatic carbocycles. The second-order valence-corrected chi connectivity index (χ2v) is 5.47. The Morgan fingerprint density at radius 3 is 2.83 bits per heavy atom. The number of urea groups is 1. The van der Waals surface area contributed by atoms with Gasteiger partial charge >= 0.3 is 6.03 Å². The zero-order valence-corrected chi connectivity index (χ0v) is 13.6. The maximum Gasteiger partial charge on any atom is 0.315 e. The van der Waals surface area contributed by atoms with Crippen molar-refractivity contribution in [2.75, 3.05) is 7.11 Å². The molecule has 0 saturated heterocycles. The number of rotatable bonds is 7. The highest BCUT2D eigenvalue weighted by molar-refractivity contribution is 5.73. The molecule has 7 nitrogen and oxygen atoms in total. The summed E-state index contributed by atoms with van der Waals surface area (Å²) in [5.41, 5.74) is 2.32. The molecule has 0 aliphatic rings. The number of aromatic nitrogens is 2. The van der Waals surface area contributed by atoms with E-state index in [1.54, 1.807) is 7.11 Å². The maximum atomic E-state index is 11.8. The summed E-state index contributed by atoms with van der Waals surface area (Å²) in [5.74, 6) is 1.26. The number of nitrogens with zero attached hydrogens (tertiary/aromatic N) is 2. The van der Waals surface area contributed by atoms with E-state index in [1.807, 2.05) is 12.1 Å². The minimum Gasteiger partial charge on any atom is -0.375 e. The largest absolute Gasteiger partial charge is 0.375 e. The molecule has 0 unspecified atom stereocenters. The Labute approximate surface area is 135 Å². The van der Waals surface area contributed by atoms with Gasteiger partial charge in [-0.15, -0.1) is 0 Å². The van der Waals surface area contributed by atoms with Crippen LogP contribution in [-0.4, -0.2) is 23.3 Å². The Morgan fingerprint density at radius 2 is 2.09 bits per heavy atom. The molecular weight excluding hydrogens is 296 g/mol. The smallest absolute Gasteiger partial charge is 0.315 e. The molecule has 0 radical (unpaired) electrons. The fraction of sp³-hybridized carbons (Fsp3) is 0.438. The van der Waals surface area contributed by atoms with Crippen molar-refractivity contribution in [2.24, 2.45) is 0 Å². The summed E-state index contributed by atoms with van der Waals surface area (Å²) >= 11 is 0. The molecule has 124 valence electrons. The van der Waals surface area contributed by atoms with E-state index in [9.17, 15) is 4.79 Å². The molecule has 0 bridgehead atoms. The molecule has 2 rings (SSSR count). The fourth-order valence-electron chi connectivity index (χ4n) is 2.01. The molecule has 0 atom stereocenters. The standard InChI is InChI=1S/C16H22N4O3/c1-11(2)13-6-4-5-12(7-13)8-17-16(21)18-9-14-19-15(10-22-3)23-20-14/h4-7,11H,8-10H2,1-3H3,(H2,17,18,21). The summed E-state index contributed by atoms with van der Waals surface area (Å²) in [6.45, 7) is 5.20. The minimum atomic E-state index is -0.280. The summed E-state index contributed by atoms with van der Waals surface area (Å²) < 4.78 is 9.83. The number of ether oxygens (including phenoxy) is 1. The van der Waals surface area contributed by atoms with Gasteiger partial charge in [0.2, 0.25) is 0 Å². The van der Waals surface area contributed by atoms with Crippen molar-refractivity contribution in [1.82, 2.24) is 20.8 Å². The van der Waals surface area contributed by atoms with Crippen LogP contribution < -0.4 is 10.6 Å². The van der Waals surface area contributed by atoms with Crippen LogP contribution in [0, 0.1) is 0 Å². The molecule has 7 heteroatoms. The Balaban J connectivity index is 1.77. The highest BCUT2D eigenvalue weighted by Gasteiger charge is 2.08. The zero-order valence-electron chi connectivity index (χ0n) is 13.6. The van der Waals surface area contributed by atoms with Crippen LogP contribution in [0.15, 0.2) is 28.8 Å². The lowest BCUT2D eigenvalue weighted by atomic mass is 10.0. The summed E-state index contributed by atoms with van der Waals surface area (Å²) in [4.78, 5) is 15.9. The van der Waals surface area contributed by atoms with Gasteiger partial charge in [0, 0.05) is 13.7 Å². The molecule has 0 fully saturated rings. The third kappa shape index (κ3) is 5.37. The van der Waals surface area contributed by atoms with E-state index >= 15 is 0 Å². The predicted molar refractivity (Wildman–Crippen MR) is 84.6 cm³/mol. The average Bonchev–Trinajstić information content (AvgIpc) is 2.99. The first-order valence-electron chi connectivity index (χ1n) is 7.49. The lowest BCUT2D eigenvalue weighted by molar-refractivity contribution is 0.151. The third-order valence-electron chi connectivity index (χ3n) is 3.26. The van der Waals surface area contributed by atoms with E-state index in [2.05, 4.69) is 46.8 Å². The summed E-state index contributed by atoms with van der Waals surface area (Å²) in [6.07, 6.45) is 0. The average molecular weight is 318 g/mol. The Hall–Kier alpha value is -2.41. The van der Waals surface area contributed by atoms with Gasteiger partial charge in [-0.1, -0.05) is 43.3 Å². The van der Waals surface area contributed by atoms with Crippen molar-refractivity contribution in [3.05, 3.63) is 47.1 Å². The first-order chi connectivity index (χ1) is 11.1. The first-order valence-corrected chi connectivity index (χ1v) is 7.49. The summed E-state index contributed by atoms with van der Waals surface area (Å²) in [7, 11) is 1.55. The highest BCUT2D eigenvalue weighted by atomic mass is 16.5. The molecular formula is C16H22N4O3. The van der Waals surface area contributed by atoms with Crippen molar-refractivity contribution in [3.63, 3.8) is 0 Å². The second-order valence-electron chi connectivity index (χ2n) is 5.47. The van der Waals surface area contributed by atoms with Crippen molar-refractivity contribution in [3.8, 4) is 0 Å². The zero-order chi connectivity index (χ0) is 16.7. The molecule has 23 heavy (non-hydrogen) atoms. The van der Waals surface area contributed by atoms with Crippen LogP contribution in [0.2, 0.25) is 0 Å². The van der Waals surface area contributed by atoms with Crippen LogP contribution in [-0.2, 0) is 24.4 Å². The number of hydrogen-bond donors (Lipinski definition) is 2. The fourth-order valence-corrected chi connectivity index (χ4v) is 2.01. The normalized spacial score (nSPS) is 10.8. The Morgan fingerprint density at radius 1 is 1.30 bits per heavy atom. The third-order valence-corrected chi connectivity index (χ3v) is 3.26. The van der Waals surface area contributed by atoms with E-state index in [-0.39, 0.29) is 19.2 Å². The maximum absolute atomic E-state index is 11.8. The monoisotopic (exact) mass is 318 g/mol. The van der Waals surface area contributed by atoms with E-state index in [0.717, 1.165) is 5.56 Å². The van der Waals surface area contributed by atoms with Gasteiger partial charge in [0.25, 0.3) is 5.89 Å². The molecule has 2 amide bonds. The summed E-state index contributed by atoms with van der Waals surface area (Å²) in [6, 6.07) is 7.89. The highest BCUT2D eigenvalue weighted by Crippen LogP contribution is 2.15. The van der Waals surface area contributed by atoms with Gasteiger partial charge in [0.05, 0.1) is 6.54 Å².